The van der Waals surface area contributed by atoms with Crippen LogP contribution < -0.4 is 0 Å². The third kappa shape index (κ3) is 2.47. The molecule has 0 aliphatic heterocycles. The summed E-state index contributed by atoms with van der Waals surface area (Å²) in [7, 11) is 0. The first-order valence-electron chi connectivity index (χ1n) is 2.79. The smallest absolute Gasteiger partial charge is 0.0296 e. The lowest BCUT2D eigenvalue weighted by molar-refractivity contribution is 0.756. The van der Waals surface area contributed by atoms with Crippen LogP contribution >= 0.6 is 0 Å². The molecule has 0 heteroatoms. The fourth-order valence-corrected chi connectivity index (χ4v) is 0.335. The zero-order valence-electron chi connectivity index (χ0n) is 5.57. The van der Waals surface area contributed by atoms with Crippen LogP contribution in [0.1, 0.15) is 20.3 Å². The molecule has 0 amide bonds. The summed E-state index contributed by atoms with van der Waals surface area (Å²) in [5.41, 5.74) is 1.15. The molecule has 0 aromatic rings. The van der Waals surface area contributed by atoms with Crippen molar-refractivity contribution in [2.75, 3.05) is 0 Å². The molecule has 0 aliphatic carbocycles. The Bertz CT molecular complexity index is 112. The molecule has 0 atom stereocenters. The van der Waals surface area contributed by atoms with Gasteiger partial charge in [0.05, 0.1) is 0 Å². The van der Waals surface area contributed by atoms with Crippen molar-refractivity contribution in [2.24, 2.45) is 5.92 Å². The minimum absolute atomic E-state index is 0.533. The first-order valence-corrected chi connectivity index (χ1v) is 2.79. The van der Waals surface area contributed by atoms with Crippen molar-refractivity contribution >= 4 is 0 Å². The molecule has 0 spiro atoms. The van der Waals surface area contributed by atoms with Gasteiger partial charge in [0.15, 0.2) is 0 Å². The van der Waals surface area contributed by atoms with Gasteiger partial charge in [-0.3, -0.25) is 0 Å². The van der Waals surface area contributed by atoms with Crippen LogP contribution in [0.4, 0.5) is 0 Å². The Morgan fingerprint density at radius 1 is 1.75 bits per heavy atom. The second kappa shape index (κ2) is 3.32. The molecule has 0 fully saturated rings. The highest BCUT2D eigenvalue weighted by atomic mass is 14.0. The van der Waals surface area contributed by atoms with Crippen molar-refractivity contribution in [2.45, 2.75) is 20.3 Å². The molecule has 0 N–H and O–H groups in total. The van der Waals surface area contributed by atoms with Crippen LogP contribution in [0.15, 0.2) is 12.2 Å². The largest absolute Gasteiger partial charge is 0.120 e. The average Bonchev–Trinajstić information content (AvgIpc) is 1.67. The van der Waals surface area contributed by atoms with E-state index < -0.39 is 0 Å². The number of hydrogen-bond donors (Lipinski definition) is 0. The van der Waals surface area contributed by atoms with Gasteiger partial charge >= 0.3 is 0 Å². The highest BCUT2D eigenvalue weighted by molar-refractivity contribution is 5.07. The Morgan fingerprint density at radius 2 is 2.25 bits per heavy atom. The molecule has 0 bridgehead atoms. The molecule has 0 aromatic carbocycles. The predicted molar refractivity (Wildman–Crippen MR) is 37.4 cm³/mol. The Kier molecular flexibility index (Phi) is 3.03. The molecule has 0 rings (SSSR count). The molecule has 8 heavy (non-hydrogen) atoms. The summed E-state index contributed by atoms with van der Waals surface area (Å²) in [5, 5.41) is 0. The van der Waals surface area contributed by atoms with Crippen LogP contribution in [0.2, 0.25) is 0 Å². The summed E-state index contributed by atoms with van der Waals surface area (Å²) in [6.45, 7) is 8.00. The van der Waals surface area contributed by atoms with Crippen LogP contribution in [0.25, 0.3) is 0 Å². The maximum absolute atomic E-state index is 5.06. The monoisotopic (exact) mass is 108 g/mol. The fraction of sp³-hybridized carbons (Fsp3) is 0.500. The molecule has 0 aromatic heterocycles. The number of hydrogen-bond acceptors (Lipinski definition) is 0. The Balaban J connectivity index is 3.53. The molecule has 0 unspecified atom stereocenters. The molecule has 44 valence electrons. The van der Waals surface area contributed by atoms with Gasteiger partial charge in [0, 0.05) is 6.42 Å². The van der Waals surface area contributed by atoms with Gasteiger partial charge in [-0.1, -0.05) is 26.0 Å². The van der Waals surface area contributed by atoms with E-state index in [0.717, 1.165) is 12.0 Å². The van der Waals surface area contributed by atoms with Gasteiger partial charge in [-0.2, -0.15) is 0 Å². The maximum atomic E-state index is 5.06. The van der Waals surface area contributed by atoms with E-state index in [9.17, 15) is 0 Å². The van der Waals surface area contributed by atoms with Gasteiger partial charge < -0.3 is 0 Å². The molecule has 0 radical (unpaired) electrons. The van der Waals surface area contributed by atoms with Crippen LogP contribution in [-0.4, -0.2) is 0 Å². The Labute approximate surface area is 51.6 Å². The van der Waals surface area contributed by atoms with Crippen LogP contribution in [0.5, 0.6) is 0 Å². The Morgan fingerprint density at radius 3 is 2.38 bits per heavy atom. The van der Waals surface area contributed by atoms with E-state index in [1.807, 2.05) is 0 Å². The summed E-state index contributed by atoms with van der Waals surface area (Å²) in [6, 6.07) is 0. The zero-order chi connectivity index (χ0) is 6.57. The van der Waals surface area contributed by atoms with Crippen LogP contribution in [0.3, 0.4) is 0 Å². The first-order chi connectivity index (χ1) is 3.68. The maximum Gasteiger partial charge on any atom is 0.0296 e. The minimum atomic E-state index is 0.533. The van der Waals surface area contributed by atoms with Crippen molar-refractivity contribution in [1.29, 1.82) is 0 Å². The standard InChI is InChI=1S/C8H12/c1-5-6-8(4)7(2)3/h1,7H,4,6H2,2-3H3. The van der Waals surface area contributed by atoms with E-state index in [2.05, 4.69) is 26.3 Å². The summed E-state index contributed by atoms with van der Waals surface area (Å²) in [6.07, 6.45) is 5.78. The van der Waals surface area contributed by atoms with E-state index in [-0.39, 0.29) is 0 Å². The van der Waals surface area contributed by atoms with Gasteiger partial charge in [-0.15, -0.1) is 12.3 Å². The lowest BCUT2D eigenvalue weighted by atomic mass is 10.0. The van der Waals surface area contributed by atoms with E-state index >= 15 is 0 Å². The second-order valence-electron chi connectivity index (χ2n) is 2.19. The lowest BCUT2D eigenvalue weighted by Crippen LogP contribution is -1.89. The second-order valence-corrected chi connectivity index (χ2v) is 2.19. The van der Waals surface area contributed by atoms with E-state index in [0.29, 0.717) is 5.92 Å². The Hall–Kier alpha value is -0.700. The SMILES string of the molecule is C#CCC(=C)C(C)C. The third-order valence-electron chi connectivity index (χ3n) is 1.15. The van der Waals surface area contributed by atoms with Crippen molar-refractivity contribution in [3.63, 3.8) is 0 Å². The average molecular weight is 108 g/mol. The summed E-state index contributed by atoms with van der Waals surface area (Å²) >= 11 is 0. The lowest BCUT2D eigenvalue weighted by Gasteiger charge is -2.02. The number of rotatable bonds is 2. The van der Waals surface area contributed by atoms with Crippen molar-refractivity contribution in [3.8, 4) is 12.3 Å². The highest BCUT2D eigenvalue weighted by Crippen LogP contribution is 2.08. The van der Waals surface area contributed by atoms with E-state index in [1.165, 1.54) is 0 Å². The molecule has 0 nitrogen and oxygen atoms in total. The quantitative estimate of drug-likeness (QED) is 0.376. The van der Waals surface area contributed by atoms with Gasteiger partial charge in [-0.25, -0.2) is 0 Å². The van der Waals surface area contributed by atoms with E-state index in [4.69, 9.17) is 6.42 Å². The molecular weight excluding hydrogens is 96.1 g/mol. The third-order valence-corrected chi connectivity index (χ3v) is 1.15. The predicted octanol–water partition coefficient (Wildman–Crippen LogP) is 2.22. The van der Waals surface area contributed by atoms with Crippen molar-refractivity contribution in [3.05, 3.63) is 12.2 Å². The normalized spacial score (nSPS) is 8.75. The summed E-state index contributed by atoms with van der Waals surface area (Å²) < 4.78 is 0. The minimum Gasteiger partial charge on any atom is -0.120 e. The molecule has 0 saturated heterocycles. The molecular formula is C8H12. The van der Waals surface area contributed by atoms with Crippen LogP contribution in [0, 0.1) is 18.3 Å². The summed E-state index contributed by atoms with van der Waals surface area (Å²) in [4.78, 5) is 0. The topological polar surface area (TPSA) is 0 Å². The van der Waals surface area contributed by atoms with Crippen molar-refractivity contribution in [1.82, 2.24) is 0 Å². The molecule has 0 heterocycles. The summed E-state index contributed by atoms with van der Waals surface area (Å²) in [5.74, 6) is 3.08. The molecule has 0 aliphatic rings. The first kappa shape index (κ1) is 7.30. The van der Waals surface area contributed by atoms with Crippen molar-refractivity contribution < 1.29 is 0 Å². The zero-order valence-corrected chi connectivity index (χ0v) is 5.57. The van der Waals surface area contributed by atoms with Gasteiger partial charge in [0.25, 0.3) is 0 Å². The molecule has 0 saturated carbocycles. The highest BCUT2D eigenvalue weighted by Gasteiger charge is 1.94. The fourth-order valence-electron chi connectivity index (χ4n) is 0.335. The van der Waals surface area contributed by atoms with Crippen LogP contribution in [-0.2, 0) is 0 Å². The van der Waals surface area contributed by atoms with Gasteiger partial charge in [0.2, 0.25) is 0 Å². The van der Waals surface area contributed by atoms with Gasteiger partial charge in [-0.05, 0) is 5.92 Å². The van der Waals surface area contributed by atoms with Gasteiger partial charge in [0.1, 0.15) is 0 Å². The van der Waals surface area contributed by atoms with E-state index in [1.54, 1.807) is 0 Å². The number of allylic oxidation sites excluding steroid dienone is 1. The number of terminal acetylenes is 1.